The Morgan fingerprint density at radius 1 is 0.571 bits per heavy atom. The monoisotopic (exact) mass is 1010 g/mol. The zero-order chi connectivity index (χ0) is 51.7. The number of aromatic nitrogens is 1. The highest BCUT2D eigenvalue weighted by Gasteiger charge is 2.41. The molecule has 70 heavy (non-hydrogen) atoms. The molecule has 4 aromatic rings. The summed E-state index contributed by atoms with van der Waals surface area (Å²) < 4.78 is 42.8. The molecular weight excluding hydrogens is 923 g/mol. The Morgan fingerprint density at radius 2 is 0.929 bits per heavy atom. The SMILES string of the molecule is CCO[Si](CCCNC(=O)N(CC)c1ccc(-c2nc(-c3cc(C(C)(C)C)c(O)c(C(C)(C)C)c3)oc2-c2ccc(N(CC)C(=O)NCCC[Si](OCC)(OCC)OCC)cc2)cc1)(OCC)OCC. The van der Waals surface area contributed by atoms with Gasteiger partial charge in [-0.2, -0.15) is 0 Å². The summed E-state index contributed by atoms with van der Waals surface area (Å²) in [5, 5.41) is 17.7. The summed E-state index contributed by atoms with van der Waals surface area (Å²) in [5.74, 6) is 1.20. The number of oxazole rings is 1. The molecule has 17 heteroatoms. The summed E-state index contributed by atoms with van der Waals surface area (Å²) in [6, 6.07) is 20.1. The second-order valence-electron chi connectivity index (χ2n) is 18.8. The molecule has 3 N–H and O–H groups in total. The first kappa shape index (κ1) is 58.0. The minimum Gasteiger partial charge on any atom is -0.507 e. The number of phenols is 1. The summed E-state index contributed by atoms with van der Waals surface area (Å²) in [4.78, 5) is 35.8. The molecule has 0 bridgehead atoms. The lowest BCUT2D eigenvalue weighted by molar-refractivity contribution is 0.0701. The predicted octanol–water partition coefficient (Wildman–Crippen LogP) is 11.9. The molecule has 0 radical (unpaired) electrons. The summed E-state index contributed by atoms with van der Waals surface area (Å²) in [5.41, 5.74) is 5.16. The van der Waals surface area contributed by atoms with Gasteiger partial charge in [-0.1, -0.05) is 53.7 Å². The Kier molecular flexibility index (Phi) is 22.1. The maximum atomic E-state index is 13.6. The first-order valence-electron chi connectivity index (χ1n) is 25.3. The third-order valence-corrected chi connectivity index (χ3v) is 18.0. The molecule has 0 saturated carbocycles. The van der Waals surface area contributed by atoms with Gasteiger partial charge < -0.3 is 46.7 Å². The number of nitrogens with zero attached hydrogens (tertiary/aromatic N) is 3. The maximum absolute atomic E-state index is 13.6. The molecule has 3 aromatic carbocycles. The van der Waals surface area contributed by atoms with Crippen LogP contribution in [0.25, 0.3) is 34.0 Å². The molecule has 1 aromatic heterocycles. The van der Waals surface area contributed by atoms with E-state index in [1.165, 1.54) is 0 Å². The number of carbonyl (C=O) groups is 2. The molecule has 0 fully saturated rings. The van der Waals surface area contributed by atoms with Gasteiger partial charge >= 0.3 is 29.7 Å². The third kappa shape index (κ3) is 15.2. The van der Waals surface area contributed by atoms with Crippen molar-refractivity contribution in [2.24, 2.45) is 0 Å². The lowest BCUT2D eigenvalue weighted by atomic mass is 9.78. The number of rotatable bonds is 27. The largest absolute Gasteiger partial charge is 0.507 e. The van der Waals surface area contributed by atoms with E-state index >= 15 is 0 Å². The van der Waals surface area contributed by atoms with E-state index in [1.807, 2.05) is 116 Å². The van der Waals surface area contributed by atoms with Crippen LogP contribution < -0.4 is 20.4 Å². The molecule has 4 amide bonds. The van der Waals surface area contributed by atoms with Crippen molar-refractivity contribution in [3.63, 3.8) is 0 Å². The Labute approximate surface area is 420 Å². The molecular formula is C53H83N5O10Si2. The molecule has 388 valence electrons. The normalized spacial score (nSPS) is 12.3. The smallest absolute Gasteiger partial charge is 0.500 e. The zero-order valence-electron chi connectivity index (χ0n) is 44.6. The highest BCUT2D eigenvalue weighted by Crippen LogP contribution is 2.44. The molecule has 0 atom stereocenters. The predicted molar refractivity (Wildman–Crippen MR) is 285 cm³/mol. The number of nitrogens with one attached hydrogen (secondary N) is 2. The van der Waals surface area contributed by atoms with Crippen molar-refractivity contribution in [3.05, 3.63) is 71.8 Å². The van der Waals surface area contributed by atoms with E-state index in [9.17, 15) is 14.7 Å². The quantitative estimate of drug-likeness (QED) is 0.0384. The molecule has 0 spiro atoms. The highest BCUT2D eigenvalue weighted by molar-refractivity contribution is 6.61. The van der Waals surface area contributed by atoms with Crippen molar-refractivity contribution in [1.82, 2.24) is 15.6 Å². The van der Waals surface area contributed by atoms with Gasteiger partial charge in [-0.25, -0.2) is 14.6 Å². The molecule has 0 aliphatic carbocycles. The molecule has 15 nitrogen and oxygen atoms in total. The fraction of sp³-hybridized carbons (Fsp3) is 0.566. The van der Waals surface area contributed by atoms with Crippen LogP contribution in [-0.4, -0.2) is 106 Å². The van der Waals surface area contributed by atoms with Crippen molar-refractivity contribution in [3.8, 4) is 39.8 Å². The summed E-state index contributed by atoms with van der Waals surface area (Å²) in [7, 11) is -5.66. The molecule has 0 aliphatic rings. The minimum absolute atomic E-state index is 0.212. The standard InChI is InChI=1S/C53H83N5O10Si2/c1-15-57(50(60)54-33-23-35-69(62-17-3,63-18-4)64-19-5)42-29-25-39(26-30-42)46-48(68-49(56-46)41-37-44(52(9,10)11)47(59)45(38-41)53(12,13)14)40-27-31-43(32-28-40)58(16-2)51(61)55-34-24-36-70(65-20-6,66-21-7)67-22-8/h25-32,37-38,59H,15-24,33-36H2,1-14H3,(H,54,60)(H,55,61). The first-order valence-corrected chi connectivity index (χ1v) is 29.2. The molecule has 1 heterocycles. The third-order valence-electron chi connectivity index (χ3n) is 11.7. The lowest BCUT2D eigenvalue weighted by Crippen LogP contribution is -2.47. The van der Waals surface area contributed by atoms with Crippen molar-refractivity contribution < 1.29 is 45.7 Å². The van der Waals surface area contributed by atoms with Crippen molar-refractivity contribution in [2.75, 3.05) is 75.6 Å². The Bertz CT molecular complexity index is 2060. The number of benzene rings is 3. The van der Waals surface area contributed by atoms with Crippen LogP contribution in [0.3, 0.4) is 0 Å². The summed E-state index contributed by atoms with van der Waals surface area (Å²) in [6.45, 7) is 32.7. The number of hydrogen-bond acceptors (Lipinski definition) is 11. The first-order chi connectivity index (χ1) is 33.3. The second-order valence-corrected chi connectivity index (χ2v) is 24.3. The van der Waals surface area contributed by atoms with E-state index in [0.717, 1.165) is 39.2 Å². The van der Waals surface area contributed by atoms with Gasteiger partial charge in [-0.05, 0) is 128 Å². The van der Waals surface area contributed by atoms with Crippen molar-refractivity contribution in [2.45, 2.75) is 133 Å². The number of anilines is 2. The number of carbonyl (C=O) groups excluding carboxylic acids is 2. The number of urea groups is 2. The topological polar surface area (TPSA) is 166 Å². The van der Waals surface area contributed by atoms with Crippen LogP contribution in [0, 0.1) is 0 Å². The average molecular weight is 1010 g/mol. The molecule has 0 aliphatic heterocycles. The van der Waals surface area contributed by atoms with Gasteiger partial charge in [0, 0.05) is 117 Å². The Balaban J connectivity index is 1.67. The average Bonchev–Trinajstić information content (AvgIpc) is 3.76. The zero-order valence-corrected chi connectivity index (χ0v) is 46.6. The van der Waals surface area contributed by atoms with Gasteiger partial charge in [0.05, 0.1) is 0 Å². The summed E-state index contributed by atoms with van der Waals surface area (Å²) >= 11 is 0. The number of amides is 4. The highest BCUT2D eigenvalue weighted by atomic mass is 28.4. The van der Waals surface area contributed by atoms with Crippen LogP contribution >= 0.6 is 0 Å². The van der Waals surface area contributed by atoms with Crippen molar-refractivity contribution >= 4 is 41.0 Å². The van der Waals surface area contributed by atoms with E-state index in [1.54, 1.807) is 9.80 Å². The van der Waals surface area contributed by atoms with Gasteiger partial charge in [0.1, 0.15) is 11.4 Å². The van der Waals surface area contributed by atoms with Crippen LogP contribution in [0.15, 0.2) is 65.1 Å². The van der Waals surface area contributed by atoms with Crippen LogP contribution in [-0.2, 0) is 37.4 Å². The molecule has 4 rings (SSSR count). The van der Waals surface area contributed by atoms with E-state index in [2.05, 4.69) is 52.2 Å². The van der Waals surface area contributed by atoms with E-state index < -0.39 is 17.6 Å². The van der Waals surface area contributed by atoms with E-state index in [4.69, 9.17) is 36.0 Å². The van der Waals surface area contributed by atoms with Crippen molar-refractivity contribution in [1.29, 1.82) is 0 Å². The minimum atomic E-state index is -2.83. The summed E-state index contributed by atoms with van der Waals surface area (Å²) in [6.07, 6.45) is 1.29. The van der Waals surface area contributed by atoms with Gasteiger partial charge in [0.2, 0.25) is 5.89 Å². The van der Waals surface area contributed by atoms with Gasteiger partial charge in [-0.3, -0.25) is 9.80 Å². The maximum Gasteiger partial charge on any atom is 0.500 e. The lowest BCUT2D eigenvalue weighted by Gasteiger charge is -2.28. The fourth-order valence-electron chi connectivity index (χ4n) is 8.41. The van der Waals surface area contributed by atoms with Crippen LogP contribution in [0.4, 0.5) is 21.0 Å². The number of aromatic hydroxyl groups is 1. The number of hydrogen-bond donors (Lipinski definition) is 3. The Morgan fingerprint density at radius 3 is 1.26 bits per heavy atom. The number of phenolic OH excluding ortho intramolecular Hbond substituents is 1. The van der Waals surface area contributed by atoms with Crippen LogP contribution in [0.1, 0.15) is 121 Å². The van der Waals surface area contributed by atoms with Crippen LogP contribution in [0.5, 0.6) is 5.75 Å². The molecule has 0 saturated heterocycles. The Hall–Kier alpha value is -4.60. The van der Waals surface area contributed by atoms with Gasteiger partial charge in [0.25, 0.3) is 0 Å². The second kappa shape index (κ2) is 26.7. The van der Waals surface area contributed by atoms with Gasteiger partial charge in [0.15, 0.2) is 5.76 Å². The molecule has 0 unspecified atom stereocenters. The fourth-order valence-corrected chi connectivity index (χ4v) is 13.6. The van der Waals surface area contributed by atoms with Crippen LogP contribution in [0.2, 0.25) is 12.1 Å². The van der Waals surface area contributed by atoms with Gasteiger partial charge in [-0.15, -0.1) is 0 Å². The van der Waals surface area contributed by atoms with E-state index in [0.29, 0.717) is 108 Å². The van der Waals surface area contributed by atoms with E-state index in [-0.39, 0.29) is 28.6 Å².